The predicted molar refractivity (Wildman–Crippen MR) is 96.8 cm³/mol. The highest BCUT2D eigenvalue weighted by molar-refractivity contribution is 5.83. The van der Waals surface area contributed by atoms with Gasteiger partial charge < -0.3 is 10.1 Å². The van der Waals surface area contributed by atoms with Crippen LogP contribution in [0.3, 0.4) is 0 Å². The third-order valence-electron chi connectivity index (χ3n) is 4.67. The summed E-state index contributed by atoms with van der Waals surface area (Å²) < 4.78 is 2.00. The highest BCUT2D eigenvalue weighted by Gasteiger charge is 2.26. The topological polar surface area (TPSA) is 64.0 Å². The van der Waals surface area contributed by atoms with Gasteiger partial charge in [0, 0.05) is 24.1 Å². The highest BCUT2D eigenvalue weighted by Crippen LogP contribution is 2.31. The maximum Gasteiger partial charge on any atom is 0.220 e. The number of aryl methyl sites for hydroxylation is 2. The monoisotopic (exact) mass is 339 g/mol. The van der Waals surface area contributed by atoms with E-state index in [1.54, 1.807) is 0 Å². The summed E-state index contributed by atoms with van der Waals surface area (Å²) in [5, 5.41) is 7.67. The van der Waals surface area contributed by atoms with Crippen molar-refractivity contribution >= 4 is 11.7 Å². The fourth-order valence-corrected chi connectivity index (χ4v) is 3.56. The second-order valence-corrected chi connectivity index (χ2v) is 7.02. The van der Waals surface area contributed by atoms with E-state index in [1.807, 2.05) is 10.9 Å². The molecule has 0 bridgehead atoms. The number of aromatic nitrogens is 2. The van der Waals surface area contributed by atoms with Crippen molar-refractivity contribution in [2.45, 2.75) is 58.9 Å². The molecule has 0 fully saturated rings. The molecule has 1 aromatic carbocycles. The molecule has 1 aliphatic rings. The van der Waals surface area contributed by atoms with Crippen LogP contribution in [0.5, 0.6) is 0 Å². The molecule has 1 aromatic heterocycles. The molecule has 0 saturated heterocycles. The minimum absolute atomic E-state index is 0.0112. The lowest BCUT2D eigenvalue weighted by Crippen LogP contribution is -2.31. The van der Waals surface area contributed by atoms with Gasteiger partial charge in [0.15, 0.2) is 0 Å². The van der Waals surface area contributed by atoms with Gasteiger partial charge in [0.2, 0.25) is 5.91 Å². The predicted octanol–water partition coefficient (Wildman–Crippen LogP) is 3.35. The molecule has 25 heavy (non-hydrogen) atoms. The molecule has 1 aliphatic carbocycles. The van der Waals surface area contributed by atoms with E-state index in [9.17, 15) is 9.59 Å². The zero-order valence-corrected chi connectivity index (χ0v) is 15.1. The number of hydrogen-bond donors (Lipinski definition) is 1. The fourth-order valence-electron chi connectivity index (χ4n) is 3.56. The first-order valence-electron chi connectivity index (χ1n) is 8.88. The van der Waals surface area contributed by atoms with Crippen molar-refractivity contribution in [3.63, 3.8) is 0 Å². The van der Waals surface area contributed by atoms with Crippen LogP contribution in [0.1, 0.15) is 61.0 Å². The summed E-state index contributed by atoms with van der Waals surface area (Å²) in [4.78, 5) is 23.2. The second kappa shape index (κ2) is 7.21. The van der Waals surface area contributed by atoms with Crippen molar-refractivity contribution < 1.29 is 9.59 Å². The molecule has 132 valence electrons. The van der Waals surface area contributed by atoms with Crippen LogP contribution in [0.4, 0.5) is 0 Å². The first-order valence-corrected chi connectivity index (χ1v) is 8.88. The van der Waals surface area contributed by atoms with Gasteiger partial charge in [-0.1, -0.05) is 6.07 Å². The Bertz CT molecular complexity index is 787. The van der Waals surface area contributed by atoms with E-state index in [2.05, 4.69) is 42.5 Å². The number of carbonyl (C=O) groups is 2. The third kappa shape index (κ3) is 3.98. The highest BCUT2D eigenvalue weighted by atomic mass is 16.2. The van der Waals surface area contributed by atoms with E-state index < -0.39 is 0 Å². The summed E-state index contributed by atoms with van der Waals surface area (Å²) in [6.45, 7) is 5.69. The van der Waals surface area contributed by atoms with E-state index in [1.165, 1.54) is 23.7 Å². The molecule has 1 N–H and O–H groups in total. The molecule has 1 heterocycles. The molecule has 0 unspecified atom stereocenters. The molecule has 1 atom stereocenters. The Morgan fingerprint density at radius 2 is 1.92 bits per heavy atom. The molecule has 0 radical (unpaired) electrons. The van der Waals surface area contributed by atoms with Crippen molar-refractivity contribution in [2.24, 2.45) is 0 Å². The molecule has 2 aromatic rings. The standard InChI is InChI=1S/C20H25N3O2/c1-13-9-14(2)11-16(10-13)23-19-6-4-5-18(17(19)12-21-23)22-20(25)8-7-15(3)24/h9-12,18H,4-8H2,1-3H3,(H,22,25)/t18-/m1/s1. The Morgan fingerprint density at radius 1 is 1.20 bits per heavy atom. The Hall–Kier alpha value is -2.43. The largest absolute Gasteiger partial charge is 0.349 e. The second-order valence-electron chi connectivity index (χ2n) is 7.02. The summed E-state index contributed by atoms with van der Waals surface area (Å²) in [5.74, 6) is -0.0191. The third-order valence-corrected chi connectivity index (χ3v) is 4.67. The normalized spacial score (nSPS) is 16.4. The van der Waals surface area contributed by atoms with E-state index in [4.69, 9.17) is 0 Å². The molecular formula is C20H25N3O2. The van der Waals surface area contributed by atoms with Gasteiger partial charge in [0.25, 0.3) is 0 Å². The number of Topliss-reactive ketones (excluding diaryl/α,β-unsaturated/α-hetero) is 1. The van der Waals surface area contributed by atoms with Crippen LogP contribution in [0.25, 0.3) is 5.69 Å². The van der Waals surface area contributed by atoms with Crippen LogP contribution in [0.2, 0.25) is 0 Å². The Balaban J connectivity index is 1.82. The summed E-state index contributed by atoms with van der Waals surface area (Å²) >= 11 is 0. The van der Waals surface area contributed by atoms with Gasteiger partial charge in [-0.15, -0.1) is 0 Å². The quantitative estimate of drug-likeness (QED) is 0.908. The summed E-state index contributed by atoms with van der Waals surface area (Å²) in [5.41, 5.74) is 5.77. The average Bonchev–Trinajstić information content (AvgIpc) is 2.97. The maximum atomic E-state index is 12.1. The van der Waals surface area contributed by atoms with Gasteiger partial charge in [0.05, 0.1) is 17.9 Å². The zero-order valence-electron chi connectivity index (χ0n) is 15.1. The lowest BCUT2D eigenvalue weighted by atomic mass is 9.92. The molecular weight excluding hydrogens is 314 g/mol. The number of carbonyl (C=O) groups excluding carboxylic acids is 2. The van der Waals surface area contributed by atoms with E-state index in [-0.39, 0.29) is 24.2 Å². The summed E-state index contributed by atoms with van der Waals surface area (Å²) in [6.07, 6.45) is 5.32. The molecule has 5 heteroatoms. The lowest BCUT2D eigenvalue weighted by molar-refractivity contribution is -0.125. The van der Waals surface area contributed by atoms with Gasteiger partial charge in [-0.2, -0.15) is 5.10 Å². The number of nitrogens with zero attached hydrogens (tertiary/aromatic N) is 2. The van der Waals surface area contributed by atoms with E-state index >= 15 is 0 Å². The molecule has 0 spiro atoms. The number of ketones is 1. The van der Waals surface area contributed by atoms with Gasteiger partial charge in [0.1, 0.15) is 5.78 Å². The maximum absolute atomic E-state index is 12.1. The Kier molecular flexibility index (Phi) is 5.02. The van der Waals surface area contributed by atoms with E-state index in [0.717, 1.165) is 30.5 Å². The van der Waals surface area contributed by atoms with Crippen molar-refractivity contribution in [2.75, 3.05) is 0 Å². The number of amides is 1. The van der Waals surface area contributed by atoms with Crippen molar-refractivity contribution in [1.29, 1.82) is 0 Å². The van der Waals surface area contributed by atoms with Crippen LogP contribution in [0.15, 0.2) is 24.4 Å². The minimum Gasteiger partial charge on any atom is -0.349 e. The number of fused-ring (bicyclic) bond motifs is 1. The van der Waals surface area contributed by atoms with Crippen molar-refractivity contribution in [3.05, 3.63) is 46.8 Å². The average molecular weight is 339 g/mol. The van der Waals surface area contributed by atoms with Crippen LogP contribution < -0.4 is 5.32 Å². The fraction of sp³-hybridized carbons (Fsp3) is 0.450. The van der Waals surface area contributed by atoms with Crippen LogP contribution >= 0.6 is 0 Å². The number of nitrogens with one attached hydrogen (secondary N) is 1. The van der Waals surface area contributed by atoms with Crippen LogP contribution in [0, 0.1) is 13.8 Å². The number of hydrogen-bond acceptors (Lipinski definition) is 3. The zero-order chi connectivity index (χ0) is 18.0. The molecule has 0 aliphatic heterocycles. The first-order chi connectivity index (χ1) is 11.9. The smallest absolute Gasteiger partial charge is 0.220 e. The Morgan fingerprint density at radius 3 is 2.60 bits per heavy atom. The van der Waals surface area contributed by atoms with Gasteiger partial charge in [-0.3, -0.25) is 4.79 Å². The summed E-state index contributed by atoms with van der Waals surface area (Å²) in [7, 11) is 0. The number of benzene rings is 1. The molecule has 3 rings (SSSR count). The molecule has 1 amide bonds. The van der Waals surface area contributed by atoms with Gasteiger partial charge >= 0.3 is 0 Å². The molecule has 0 saturated carbocycles. The summed E-state index contributed by atoms with van der Waals surface area (Å²) in [6, 6.07) is 6.41. The molecule has 5 nitrogen and oxygen atoms in total. The Labute approximate surface area is 148 Å². The SMILES string of the molecule is CC(=O)CCC(=O)N[C@@H]1CCCc2c1cnn2-c1cc(C)cc(C)c1. The van der Waals surface area contributed by atoms with E-state index in [0.29, 0.717) is 6.42 Å². The minimum atomic E-state index is -0.0628. The van der Waals surface area contributed by atoms with Crippen molar-refractivity contribution in [1.82, 2.24) is 15.1 Å². The van der Waals surface area contributed by atoms with Crippen LogP contribution in [-0.2, 0) is 16.0 Å². The van der Waals surface area contributed by atoms with Crippen molar-refractivity contribution in [3.8, 4) is 5.69 Å². The number of rotatable bonds is 5. The lowest BCUT2D eigenvalue weighted by Gasteiger charge is -2.24. The van der Waals surface area contributed by atoms with Crippen LogP contribution in [-0.4, -0.2) is 21.5 Å². The van der Waals surface area contributed by atoms with Gasteiger partial charge in [-0.25, -0.2) is 4.68 Å². The first kappa shape index (κ1) is 17.4. The van der Waals surface area contributed by atoms with Gasteiger partial charge in [-0.05, 0) is 63.3 Å².